The van der Waals surface area contributed by atoms with Crippen LogP contribution in [0.25, 0.3) is 0 Å². The Balaban J connectivity index is 2.35. The van der Waals surface area contributed by atoms with Crippen molar-refractivity contribution < 1.29 is 14.7 Å². The predicted molar refractivity (Wildman–Crippen MR) is 153 cm³/mol. The third-order valence-corrected chi connectivity index (χ3v) is 8.50. The van der Waals surface area contributed by atoms with Gasteiger partial charge in [0, 0.05) is 63.1 Å². The number of anilines is 1. The summed E-state index contributed by atoms with van der Waals surface area (Å²) in [7, 11) is 0. The molecular weight excluding hydrogens is 751 g/mol. The van der Waals surface area contributed by atoms with Gasteiger partial charge in [0.05, 0.1) is 18.2 Å². The number of carboxylic acid groups (broad SMARTS) is 1. The number of carboxylic acids is 1. The Bertz CT molecular complexity index is 796. The monoisotopic (exact) mass is 783 g/mol. The van der Waals surface area contributed by atoms with Crippen molar-refractivity contribution >= 4 is 85.3 Å². The van der Waals surface area contributed by atoms with Gasteiger partial charge < -0.3 is 26.4 Å². The highest BCUT2D eigenvalue weighted by atomic mass is 127. The van der Waals surface area contributed by atoms with Crippen LogP contribution >= 0.6 is 67.8 Å². The van der Waals surface area contributed by atoms with Crippen LogP contribution in [-0.2, 0) is 16.0 Å². The van der Waals surface area contributed by atoms with Crippen LogP contribution in [0.3, 0.4) is 0 Å². The molecule has 0 bridgehead atoms. The van der Waals surface area contributed by atoms with Crippen molar-refractivity contribution in [1.82, 2.24) is 15.5 Å². The highest BCUT2D eigenvalue weighted by Gasteiger charge is 2.24. The highest BCUT2D eigenvalue weighted by Crippen LogP contribution is 2.36. The minimum Gasteiger partial charge on any atom is -0.481 e. The first-order chi connectivity index (χ1) is 15.2. The number of carbonyl (C=O) groups is 2. The topological polar surface area (TPSA) is 111 Å². The van der Waals surface area contributed by atoms with Crippen molar-refractivity contribution in [2.45, 2.75) is 19.8 Å². The van der Waals surface area contributed by atoms with Crippen LogP contribution in [0.5, 0.6) is 0 Å². The first kappa shape index (κ1) is 28.3. The second-order valence-corrected chi connectivity index (χ2v) is 11.3. The van der Waals surface area contributed by atoms with Crippen molar-refractivity contribution in [3.05, 3.63) is 22.3 Å². The van der Waals surface area contributed by atoms with Gasteiger partial charge in [0.25, 0.3) is 0 Å². The number of carbonyl (C=O) groups excluding carboxylic acids is 1. The van der Waals surface area contributed by atoms with Crippen LogP contribution in [0.2, 0.25) is 0 Å². The van der Waals surface area contributed by atoms with Crippen LogP contribution in [0.15, 0.2) is 6.07 Å². The summed E-state index contributed by atoms with van der Waals surface area (Å²) in [5, 5.41) is 16.5. The number of halogens is 3. The molecule has 0 spiro atoms. The van der Waals surface area contributed by atoms with E-state index in [-0.39, 0.29) is 12.5 Å². The zero-order chi connectivity index (χ0) is 23.7. The lowest BCUT2D eigenvalue weighted by Gasteiger charge is -2.32. The average Bonchev–Trinajstić information content (AvgIpc) is 2.70. The molecule has 1 heterocycles. The summed E-state index contributed by atoms with van der Waals surface area (Å²) in [6, 6.07) is 2.15. The summed E-state index contributed by atoms with van der Waals surface area (Å²) in [6.45, 7) is 8.66. The van der Waals surface area contributed by atoms with E-state index in [1.807, 2.05) is 6.92 Å². The molecule has 1 aromatic carbocycles. The lowest BCUT2D eigenvalue weighted by atomic mass is 9.96. The van der Waals surface area contributed by atoms with Gasteiger partial charge in [-0.2, -0.15) is 0 Å². The molecule has 5 N–H and O–H groups in total. The number of hydrogen-bond acceptors (Lipinski definition) is 6. The second kappa shape index (κ2) is 14.4. The van der Waals surface area contributed by atoms with Crippen LogP contribution in [0.1, 0.15) is 18.9 Å². The lowest BCUT2D eigenvalue weighted by molar-refractivity contribution is -0.141. The minimum absolute atomic E-state index is 0.247. The van der Waals surface area contributed by atoms with Gasteiger partial charge in [0.1, 0.15) is 0 Å². The van der Waals surface area contributed by atoms with Gasteiger partial charge in [-0.25, -0.2) is 0 Å². The fourth-order valence-corrected chi connectivity index (χ4v) is 8.21. The Hall–Kier alpha value is 0.0300. The number of primary amides is 1. The normalized spacial score (nSPS) is 17.9. The van der Waals surface area contributed by atoms with E-state index in [2.05, 4.69) is 94.3 Å². The number of nitrogens with zero attached hydrogens (tertiary/aromatic N) is 2. The summed E-state index contributed by atoms with van der Waals surface area (Å²) in [5.74, 6) is -1.45. The molecule has 180 valence electrons. The van der Waals surface area contributed by atoms with Crippen molar-refractivity contribution in [3.63, 3.8) is 0 Å². The van der Waals surface area contributed by atoms with Gasteiger partial charge in [0.2, 0.25) is 5.91 Å². The molecule has 0 aliphatic carbocycles. The van der Waals surface area contributed by atoms with E-state index < -0.39 is 11.9 Å². The number of amides is 1. The maximum Gasteiger partial charge on any atom is 0.306 e. The Labute approximate surface area is 231 Å². The van der Waals surface area contributed by atoms with Crippen molar-refractivity contribution in [3.8, 4) is 0 Å². The van der Waals surface area contributed by atoms with Gasteiger partial charge in [-0.15, -0.1) is 0 Å². The first-order valence-corrected chi connectivity index (χ1v) is 14.0. The number of hydrogen-bond donors (Lipinski definition) is 4. The fourth-order valence-electron chi connectivity index (χ4n) is 3.71. The Kier molecular flexibility index (Phi) is 12.8. The Morgan fingerprint density at radius 3 is 2.31 bits per heavy atom. The fraction of sp³-hybridized carbons (Fsp3) is 0.619. The molecule has 32 heavy (non-hydrogen) atoms. The van der Waals surface area contributed by atoms with Crippen LogP contribution in [0.4, 0.5) is 5.69 Å². The standard InChI is InChI=1S/C21H32I3N5O3/c1-2-14(21(31)32)11-15-16(22)12-17(23)20(19(15)24)29-8-6-27-4-3-26-5-7-28(9-10-29)13-18(25)30/h12,14,26-27H,2-11,13H2,1H3,(H2,25,30)(H,31,32). The number of nitrogens with one attached hydrogen (secondary N) is 2. The molecule has 1 saturated heterocycles. The van der Waals surface area contributed by atoms with E-state index in [4.69, 9.17) is 5.73 Å². The summed E-state index contributed by atoms with van der Waals surface area (Å²) < 4.78 is 3.38. The van der Waals surface area contributed by atoms with Gasteiger partial charge in [-0.1, -0.05) is 6.92 Å². The molecular formula is C21H32I3N5O3. The SMILES string of the molecule is CCC(Cc1c(I)cc(I)c(N2CCNCCNCCN(CC(N)=O)CC2)c1I)C(=O)O. The maximum atomic E-state index is 11.7. The summed E-state index contributed by atoms with van der Waals surface area (Å²) in [5.41, 5.74) is 7.73. The van der Waals surface area contributed by atoms with E-state index in [0.29, 0.717) is 12.8 Å². The smallest absolute Gasteiger partial charge is 0.306 e. The van der Waals surface area contributed by atoms with E-state index in [0.717, 1.165) is 74.3 Å². The molecule has 1 atom stereocenters. The predicted octanol–water partition coefficient (Wildman–Crippen LogP) is 1.94. The second-order valence-electron chi connectivity index (χ2n) is 7.86. The molecule has 1 amide bonds. The molecule has 1 aliphatic heterocycles. The molecule has 0 aromatic heterocycles. The Morgan fingerprint density at radius 1 is 1.06 bits per heavy atom. The molecule has 2 rings (SSSR count). The highest BCUT2D eigenvalue weighted by molar-refractivity contribution is 14.1. The number of nitrogens with two attached hydrogens (primary N) is 1. The van der Waals surface area contributed by atoms with E-state index >= 15 is 0 Å². The molecule has 11 heteroatoms. The van der Waals surface area contributed by atoms with Gasteiger partial charge in [-0.05, 0) is 92.2 Å². The van der Waals surface area contributed by atoms with Crippen molar-refractivity contribution in [2.75, 3.05) is 63.8 Å². The number of benzene rings is 1. The van der Waals surface area contributed by atoms with Crippen molar-refractivity contribution in [1.29, 1.82) is 0 Å². The Morgan fingerprint density at radius 2 is 1.72 bits per heavy atom. The van der Waals surface area contributed by atoms with Gasteiger partial charge in [0.15, 0.2) is 0 Å². The maximum absolute atomic E-state index is 11.7. The van der Waals surface area contributed by atoms with E-state index in [1.165, 1.54) is 0 Å². The third-order valence-electron chi connectivity index (χ3n) is 5.56. The summed E-state index contributed by atoms with van der Waals surface area (Å²) in [4.78, 5) is 27.7. The summed E-state index contributed by atoms with van der Waals surface area (Å²) >= 11 is 7.09. The molecule has 0 saturated carbocycles. The molecule has 8 nitrogen and oxygen atoms in total. The van der Waals surface area contributed by atoms with Crippen LogP contribution in [0, 0.1) is 16.6 Å². The van der Waals surface area contributed by atoms with Crippen LogP contribution in [-0.4, -0.2) is 80.8 Å². The zero-order valence-corrected chi connectivity index (χ0v) is 24.8. The molecule has 1 fully saturated rings. The average molecular weight is 783 g/mol. The molecule has 0 radical (unpaired) electrons. The molecule has 1 aliphatic rings. The number of aliphatic carboxylic acids is 1. The van der Waals surface area contributed by atoms with Gasteiger partial charge in [-0.3, -0.25) is 14.5 Å². The van der Waals surface area contributed by atoms with Crippen LogP contribution < -0.4 is 21.3 Å². The zero-order valence-electron chi connectivity index (χ0n) is 18.3. The third kappa shape index (κ3) is 8.67. The largest absolute Gasteiger partial charge is 0.481 e. The van der Waals surface area contributed by atoms with E-state index in [9.17, 15) is 14.7 Å². The molecule has 1 aromatic rings. The quantitative estimate of drug-likeness (QED) is 0.314. The summed E-state index contributed by atoms with van der Waals surface area (Å²) in [6.07, 6.45) is 1.13. The first-order valence-electron chi connectivity index (χ1n) is 10.8. The number of rotatable bonds is 7. The van der Waals surface area contributed by atoms with Crippen molar-refractivity contribution in [2.24, 2.45) is 11.7 Å². The van der Waals surface area contributed by atoms with E-state index in [1.54, 1.807) is 0 Å². The van der Waals surface area contributed by atoms with Gasteiger partial charge >= 0.3 is 5.97 Å². The lowest BCUT2D eigenvalue weighted by Crippen LogP contribution is -2.46. The minimum atomic E-state index is -0.745. The molecule has 1 unspecified atom stereocenters.